The van der Waals surface area contributed by atoms with Gasteiger partial charge in [-0.25, -0.2) is 9.97 Å². The van der Waals surface area contributed by atoms with E-state index in [2.05, 4.69) is 65.4 Å². The molecule has 1 aromatic heterocycles. The van der Waals surface area contributed by atoms with Gasteiger partial charge in [0.1, 0.15) is 5.82 Å². The molecule has 0 atom stereocenters. The molecule has 0 saturated heterocycles. The molecule has 1 aliphatic rings. The molecular weight excluding hydrogens is 393 g/mol. The van der Waals surface area contributed by atoms with Crippen LogP contribution >= 0.6 is 34.4 Å². The van der Waals surface area contributed by atoms with E-state index in [0.717, 1.165) is 23.8 Å². The summed E-state index contributed by atoms with van der Waals surface area (Å²) in [5.41, 5.74) is 2.30. The highest BCUT2D eigenvalue weighted by Gasteiger charge is 2.29. The molecule has 21 heavy (non-hydrogen) atoms. The fourth-order valence-electron chi connectivity index (χ4n) is 2.25. The van der Waals surface area contributed by atoms with Gasteiger partial charge in [0.15, 0.2) is 5.82 Å². The topological polar surface area (TPSA) is 37.8 Å². The molecule has 1 heterocycles. The molecule has 0 unspecified atom stereocenters. The third-order valence-corrected chi connectivity index (χ3v) is 5.34. The summed E-state index contributed by atoms with van der Waals surface area (Å²) in [4.78, 5) is 10.8. The first-order chi connectivity index (χ1) is 10.2. The molecule has 110 valence electrons. The van der Waals surface area contributed by atoms with Crippen molar-refractivity contribution in [2.75, 3.05) is 18.1 Å². The minimum atomic E-state index is 0.626. The van der Waals surface area contributed by atoms with E-state index in [-0.39, 0.29) is 0 Å². The maximum absolute atomic E-state index is 4.84. The van der Waals surface area contributed by atoms with Crippen LogP contribution in [0.25, 0.3) is 11.4 Å². The lowest BCUT2D eigenvalue weighted by atomic mass is 10.2. The van der Waals surface area contributed by atoms with Crippen LogP contribution < -0.4 is 5.32 Å². The van der Waals surface area contributed by atoms with Crippen LogP contribution in [0.2, 0.25) is 0 Å². The first kappa shape index (κ1) is 15.1. The Kier molecular flexibility index (Phi) is 4.69. The molecule has 2 aromatic rings. The first-order valence-electron chi connectivity index (χ1n) is 7.18. The lowest BCUT2D eigenvalue weighted by molar-refractivity contribution is 0.972. The number of hydrogen-bond donors (Lipinski definition) is 1. The van der Waals surface area contributed by atoms with Crippen molar-refractivity contribution < 1.29 is 0 Å². The van der Waals surface area contributed by atoms with Crippen molar-refractivity contribution in [2.24, 2.45) is 0 Å². The number of nitrogens with one attached hydrogen (secondary N) is 1. The van der Waals surface area contributed by atoms with Crippen molar-refractivity contribution in [2.45, 2.75) is 30.6 Å². The summed E-state index contributed by atoms with van der Waals surface area (Å²) in [6.45, 7) is 2.98. The summed E-state index contributed by atoms with van der Waals surface area (Å²) < 4.78 is 1.18. The molecule has 0 radical (unpaired) electrons. The van der Waals surface area contributed by atoms with Gasteiger partial charge in [-0.3, -0.25) is 0 Å². The van der Waals surface area contributed by atoms with Crippen LogP contribution in [0.4, 0.5) is 5.82 Å². The van der Waals surface area contributed by atoms with E-state index in [9.17, 15) is 0 Å². The van der Waals surface area contributed by atoms with Crippen LogP contribution in [-0.4, -0.2) is 22.8 Å². The summed E-state index contributed by atoms with van der Waals surface area (Å²) in [6.07, 6.45) is 4.59. The number of thioether (sulfide) groups is 1. The van der Waals surface area contributed by atoms with E-state index in [1.807, 2.05) is 0 Å². The Balaban J connectivity index is 2.03. The van der Waals surface area contributed by atoms with Crippen LogP contribution in [0.15, 0.2) is 29.2 Å². The molecule has 3 nitrogen and oxygen atoms in total. The molecule has 0 spiro atoms. The second kappa shape index (κ2) is 6.52. The molecule has 5 heteroatoms. The highest BCUT2D eigenvalue weighted by atomic mass is 127. The first-order valence-corrected chi connectivity index (χ1v) is 9.49. The van der Waals surface area contributed by atoms with Gasteiger partial charge < -0.3 is 5.32 Å². The van der Waals surface area contributed by atoms with Crippen LogP contribution in [0.5, 0.6) is 0 Å². The van der Waals surface area contributed by atoms with Crippen LogP contribution in [0, 0.1) is 3.57 Å². The van der Waals surface area contributed by atoms with Crippen molar-refractivity contribution in [3.05, 3.63) is 33.5 Å². The quantitative estimate of drug-likeness (QED) is 0.568. The average molecular weight is 411 g/mol. The Hall–Kier alpha value is -0.820. The molecule has 1 aromatic carbocycles. The van der Waals surface area contributed by atoms with Gasteiger partial charge in [0, 0.05) is 22.9 Å². The van der Waals surface area contributed by atoms with Crippen LogP contribution in [0.1, 0.15) is 31.4 Å². The standard InChI is InChI=1S/C16H18IN3S/c1-3-18-16-13(17)14(10-4-5-10)19-15(20-16)11-6-8-12(21-2)9-7-11/h6-10H,3-5H2,1-2H3,(H,18,19,20). The molecule has 1 aliphatic carbocycles. The van der Waals surface area contributed by atoms with Gasteiger partial charge >= 0.3 is 0 Å². The number of halogens is 1. The lowest BCUT2D eigenvalue weighted by Gasteiger charge is -2.12. The minimum absolute atomic E-state index is 0.626. The van der Waals surface area contributed by atoms with Crippen molar-refractivity contribution in [3.63, 3.8) is 0 Å². The van der Waals surface area contributed by atoms with Gasteiger partial charge in [-0.05, 0) is 60.7 Å². The van der Waals surface area contributed by atoms with Gasteiger partial charge in [0.25, 0.3) is 0 Å². The molecular formula is C16H18IN3S. The van der Waals surface area contributed by atoms with E-state index in [1.165, 1.54) is 27.0 Å². The summed E-state index contributed by atoms with van der Waals surface area (Å²) in [6, 6.07) is 8.48. The smallest absolute Gasteiger partial charge is 0.161 e. The largest absolute Gasteiger partial charge is 0.369 e. The van der Waals surface area contributed by atoms with Crippen LogP contribution in [0.3, 0.4) is 0 Å². The number of benzene rings is 1. The SMILES string of the molecule is CCNc1nc(-c2ccc(SC)cc2)nc(C2CC2)c1I. The second-order valence-corrected chi connectivity index (χ2v) is 7.09. The maximum Gasteiger partial charge on any atom is 0.161 e. The van der Waals surface area contributed by atoms with Gasteiger partial charge in [0.05, 0.1) is 9.26 Å². The van der Waals surface area contributed by atoms with Gasteiger partial charge in [-0.2, -0.15) is 0 Å². The summed E-state index contributed by atoms with van der Waals surface area (Å²) in [7, 11) is 0. The Morgan fingerprint density at radius 3 is 2.52 bits per heavy atom. The second-order valence-electron chi connectivity index (χ2n) is 5.13. The van der Waals surface area contributed by atoms with E-state index in [4.69, 9.17) is 9.97 Å². The number of aromatic nitrogens is 2. The van der Waals surface area contributed by atoms with Crippen LogP contribution in [-0.2, 0) is 0 Å². The number of nitrogens with zero attached hydrogens (tertiary/aromatic N) is 2. The Bertz CT molecular complexity index is 639. The normalized spacial score (nSPS) is 14.2. The fourth-order valence-corrected chi connectivity index (χ4v) is 3.53. The Morgan fingerprint density at radius 2 is 1.95 bits per heavy atom. The summed E-state index contributed by atoms with van der Waals surface area (Å²) in [5.74, 6) is 2.43. The number of hydrogen-bond acceptors (Lipinski definition) is 4. The predicted molar refractivity (Wildman–Crippen MR) is 98.1 cm³/mol. The lowest BCUT2D eigenvalue weighted by Crippen LogP contribution is -2.07. The highest BCUT2D eigenvalue weighted by molar-refractivity contribution is 14.1. The molecule has 0 amide bonds. The molecule has 0 aliphatic heterocycles. The van der Waals surface area contributed by atoms with E-state index in [1.54, 1.807) is 11.8 Å². The zero-order chi connectivity index (χ0) is 14.8. The summed E-state index contributed by atoms with van der Waals surface area (Å²) in [5, 5.41) is 3.37. The van der Waals surface area contributed by atoms with Gasteiger partial charge in [0.2, 0.25) is 0 Å². The molecule has 1 fully saturated rings. The third kappa shape index (κ3) is 3.34. The molecule has 1 saturated carbocycles. The Labute approximate surface area is 143 Å². The van der Waals surface area contributed by atoms with Crippen molar-refractivity contribution in [1.82, 2.24) is 9.97 Å². The third-order valence-electron chi connectivity index (χ3n) is 3.53. The maximum atomic E-state index is 4.84. The van der Waals surface area contributed by atoms with E-state index >= 15 is 0 Å². The predicted octanol–water partition coefficient (Wildman–Crippen LogP) is 4.78. The zero-order valence-electron chi connectivity index (χ0n) is 12.2. The van der Waals surface area contributed by atoms with E-state index in [0.29, 0.717) is 5.92 Å². The monoisotopic (exact) mass is 411 g/mol. The summed E-state index contributed by atoms with van der Waals surface area (Å²) >= 11 is 4.13. The average Bonchev–Trinajstić information content (AvgIpc) is 3.34. The Morgan fingerprint density at radius 1 is 1.24 bits per heavy atom. The fraction of sp³-hybridized carbons (Fsp3) is 0.375. The minimum Gasteiger partial charge on any atom is -0.369 e. The molecule has 3 rings (SSSR count). The van der Waals surface area contributed by atoms with E-state index < -0.39 is 0 Å². The molecule has 1 N–H and O–H groups in total. The zero-order valence-corrected chi connectivity index (χ0v) is 15.2. The highest BCUT2D eigenvalue weighted by Crippen LogP contribution is 2.43. The van der Waals surface area contributed by atoms with Crippen molar-refractivity contribution in [1.29, 1.82) is 0 Å². The molecule has 0 bridgehead atoms. The number of rotatable bonds is 5. The van der Waals surface area contributed by atoms with Gasteiger partial charge in [-0.15, -0.1) is 11.8 Å². The number of anilines is 1. The van der Waals surface area contributed by atoms with Gasteiger partial charge in [-0.1, -0.05) is 12.1 Å². The van der Waals surface area contributed by atoms with Crippen molar-refractivity contribution in [3.8, 4) is 11.4 Å². The van der Waals surface area contributed by atoms with Crippen molar-refractivity contribution >= 4 is 40.2 Å².